The summed E-state index contributed by atoms with van der Waals surface area (Å²) in [6.45, 7) is 0. The molecule has 3 aromatic carbocycles. The fourth-order valence-corrected chi connectivity index (χ4v) is 4.66. The van der Waals surface area contributed by atoms with Crippen LogP contribution in [0.4, 0.5) is 0 Å². The summed E-state index contributed by atoms with van der Waals surface area (Å²) in [6.07, 6.45) is 6.77. The van der Waals surface area contributed by atoms with Crippen LogP contribution in [-0.4, -0.2) is 38.4 Å². The molecule has 38 heavy (non-hydrogen) atoms. The first-order chi connectivity index (χ1) is 18.6. The lowest BCUT2D eigenvalue weighted by atomic mass is 9.98. The molecular formula is C31H25N5O2. The third-order valence-electron chi connectivity index (χ3n) is 6.69. The summed E-state index contributed by atoms with van der Waals surface area (Å²) in [7, 11) is 0. The molecule has 1 aliphatic heterocycles. The van der Waals surface area contributed by atoms with Gasteiger partial charge in [0, 0.05) is 41.9 Å². The largest absolute Gasteiger partial charge is 0.342 e. The number of fused-ring (bicyclic) bond motifs is 2. The van der Waals surface area contributed by atoms with Gasteiger partial charge in [-0.3, -0.25) is 19.6 Å². The molecule has 0 aliphatic carbocycles. The fourth-order valence-electron chi connectivity index (χ4n) is 4.66. The quantitative estimate of drug-likeness (QED) is 0.297. The molecule has 186 valence electrons. The number of hydrogen-bond donors (Lipinski definition) is 2. The van der Waals surface area contributed by atoms with Gasteiger partial charge in [-0.1, -0.05) is 60.7 Å². The van der Waals surface area contributed by atoms with Gasteiger partial charge in [0.2, 0.25) is 0 Å². The molecule has 1 aliphatic rings. The van der Waals surface area contributed by atoms with E-state index in [1.807, 2.05) is 72.9 Å². The number of imidazole rings is 1. The number of hydrogen-bond acceptors (Lipinski definition) is 5. The number of allylic oxidation sites excluding steroid dienone is 1. The number of pyridine rings is 1. The second-order valence-electron chi connectivity index (χ2n) is 9.38. The van der Waals surface area contributed by atoms with Crippen molar-refractivity contribution in [2.45, 2.75) is 25.3 Å². The topological polar surface area (TPSA) is 100 Å². The number of ketones is 1. The number of carbonyl (C=O) groups is 2. The lowest BCUT2D eigenvalue weighted by Gasteiger charge is -2.18. The Kier molecular flexibility index (Phi) is 6.32. The first kappa shape index (κ1) is 23.5. The van der Waals surface area contributed by atoms with E-state index in [-0.39, 0.29) is 18.1 Å². The van der Waals surface area contributed by atoms with Gasteiger partial charge in [0.05, 0.1) is 17.1 Å². The van der Waals surface area contributed by atoms with Crippen LogP contribution >= 0.6 is 0 Å². The van der Waals surface area contributed by atoms with Gasteiger partial charge >= 0.3 is 0 Å². The van der Waals surface area contributed by atoms with E-state index < -0.39 is 6.04 Å². The van der Waals surface area contributed by atoms with E-state index in [2.05, 4.69) is 25.3 Å². The third-order valence-corrected chi connectivity index (χ3v) is 6.69. The molecule has 0 spiro atoms. The summed E-state index contributed by atoms with van der Waals surface area (Å²) in [5.41, 5.74) is 4.42. The molecule has 7 nitrogen and oxygen atoms in total. The molecule has 1 atom stereocenters. The van der Waals surface area contributed by atoms with E-state index in [0.29, 0.717) is 24.2 Å². The normalized spacial score (nSPS) is 13.5. The van der Waals surface area contributed by atoms with Crippen LogP contribution in [0.3, 0.4) is 0 Å². The van der Waals surface area contributed by atoms with Crippen LogP contribution < -0.4 is 5.32 Å². The highest BCUT2D eigenvalue weighted by molar-refractivity contribution is 6.07. The highest BCUT2D eigenvalue weighted by Crippen LogP contribution is 2.23. The molecule has 0 unspecified atom stereocenters. The molecule has 7 heteroatoms. The maximum Gasteiger partial charge on any atom is 0.251 e. The average molecular weight is 500 g/mol. The molecule has 0 bridgehead atoms. The molecular weight excluding hydrogens is 474 g/mol. The van der Waals surface area contributed by atoms with Crippen LogP contribution in [-0.2, 0) is 11.2 Å². The minimum absolute atomic E-state index is 0.0584. The van der Waals surface area contributed by atoms with Crippen LogP contribution in [0.15, 0.2) is 102 Å². The second kappa shape index (κ2) is 10.2. The Labute approximate surface area is 219 Å². The summed E-state index contributed by atoms with van der Waals surface area (Å²) < 4.78 is 0. The first-order valence-electron chi connectivity index (χ1n) is 12.6. The van der Waals surface area contributed by atoms with Crippen molar-refractivity contribution in [3.05, 3.63) is 108 Å². The van der Waals surface area contributed by atoms with Gasteiger partial charge in [0.15, 0.2) is 11.6 Å². The number of nitrogens with zero attached hydrogens (tertiary/aromatic N) is 3. The average Bonchev–Trinajstić information content (AvgIpc) is 3.62. The summed E-state index contributed by atoms with van der Waals surface area (Å²) in [5, 5.41) is 5.10. The molecule has 6 rings (SSSR count). The summed E-state index contributed by atoms with van der Waals surface area (Å²) >= 11 is 0. The van der Waals surface area contributed by atoms with Crippen molar-refractivity contribution in [3.63, 3.8) is 0 Å². The summed E-state index contributed by atoms with van der Waals surface area (Å²) in [4.78, 5) is 43.3. The number of nitrogens with one attached hydrogen (secondary N) is 2. The van der Waals surface area contributed by atoms with Crippen LogP contribution in [0.2, 0.25) is 0 Å². The minimum Gasteiger partial charge on any atom is -0.342 e. The third kappa shape index (κ3) is 4.99. The van der Waals surface area contributed by atoms with Gasteiger partial charge in [-0.15, -0.1) is 0 Å². The molecule has 0 radical (unpaired) electrons. The zero-order valence-electron chi connectivity index (χ0n) is 20.6. The van der Waals surface area contributed by atoms with Crippen molar-refractivity contribution in [3.8, 4) is 11.5 Å². The highest BCUT2D eigenvalue weighted by Gasteiger charge is 2.24. The Balaban J connectivity index is 1.24. The van der Waals surface area contributed by atoms with E-state index in [4.69, 9.17) is 0 Å². The Hall–Kier alpha value is -4.91. The summed E-state index contributed by atoms with van der Waals surface area (Å²) in [6, 6.07) is 24.3. The number of benzene rings is 3. The van der Waals surface area contributed by atoms with Crippen molar-refractivity contribution >= 4 is 39.2 Å². The highest BCUT2D eigenvalue weighted by atomic mass is 16.2. The van der Waals surface area contributed by atoms with Gasteiger partial charge in [-0.05, 0) is 41.6 Å². The molecule has 2 N–H and O–H groups in total. The van der Waals surface area contributed by atoms with Crippen molar-refractivity contribution in [1.82, 2.24) is 20.3 Å². The van der Waals surface area contributed by atoms with E-state index in [9.17, 15) is 9.59 Å². The maximum atomic E-state index is 13.3. The number of H-pyrrole nitrogens is 1. The first-order valence-corrected chi connectivity index (χ1v) is 12.6. The molecule has 5 aromatic rings. The molecule has 2 aromatic heterocycles. The molecule has 0 saturated carbocycles. The van der Waals surface area contributed by atoms with Gasteiger partial charge in [0.25, 0.3) is 5.91 Å². The van der Waals surface area contributed by atoms with E-state index in [1.54, 1.807) is 24.4 Å². The van der Waals surface area contributed by atoms with E-state index in [0.717, 1.165) is 38.8 Å². The van der Waals surface area contributed by atoms with Crippen molar-refractivity contribution < 1.29 is 9.59 Å². The smallest absolute Gasteiger partial charge is 0.251 e. The van der Waals surface area contributed by atoms with E-state index >= 15 is 0 Å². The Bertz CT molecular complexity index is 1720. The number of aromatic amines is 1. The number of rotatable bonds is 8. The Morgan fingerprint density at radius 3 is 2.58 bits per heavy atom. The van der Waals surface area contributed by atoms with E-state index in [1.165, 1.54) is 0 Å². The number of aliphatic imine (C=N–C) groups is 1. The SMILES string of the molecule is O=C(N[C@@H](Cc1ccccc1)C(=O)CC1=NC=CC1)c1ccc2nc(-c3cc4ccccc4cn3)[nH]c2c1. The lowest BCUT2D eigenvalue weighted by molar-refractivity contribution is -0.119. The predicted octanol–water partition coefficient (Wildman–Crippen LogP) is 5.44. The number of Topliss-reactive ketones (excluding diaryl/α,β-unsaturated/α-hetero) is 1. The Morgan fingerprint density at radius 2 is 1.76 bits per heavy atom. The standard InChI is InChI=1S/C31H25N5O2/c37-29(18-24-11-6-14-32-24)27(15-20-7-2-1-3-8-20)36-31(38)22-12-13-25-26(17-22)35-30(34-25)28-16-21-9-4-5-10-23(21)19-33-28/h1-10,12-14,16-17,19,27H,11,15,18H2,(H,34,35)(H,36,38)/t27-/m0/s1. The van der Waals surface area contributed by atoms with Crippen LogP contribution in [0, 0.1) is 0 Å². The molecule has 0 fully saturated rings. The minimum atomic E-state index is -0.664. The predicted molar refractivity (Wildman–Crippen MR) is 149 cm³/mol. The van der Waals surface area contributed by atoms with Gasteiger partial charge in [0.1, 0.15) is 5.69 Å². The molecule has 1 amide bonds. The zero-order chi connectivity index (χ0) is 25.9. The number of carbonyl (C=O) groups excluding carboxylic acids is 2. The zero-order valence-corrected chi connectivity index (χ0v) is 20.6. The fraction of sp³-hybridized carbons (Fsp3) is 0.129. The van der Waals surface area contributed by atoms with Crippen molar-refractivity contribution in [1.29, 1.82) is 0 Å². The second-order valence-corrected chi connectivity index (χ2v) is 9.38. The van der Waals surface area contributed by atoms with Crippen molar-refractivity contribution in [2.24, 2.45) is 4.99 Å². The van der Waals surface area contributed by atoms with Crippen LogP contribution in [0.5, 0.6) is 0 Å². The molecule has 3 heterocycles. The van der Waals surface area contributed by atoms with Crippen LogP contribution in [0.25, 0.3) is 33.3 Å². The van der Waals surface area contributed by atoms with Crippen molar-refractivity contribution in [2.75, 3.05) is 0 Å². The lowest BCUT2D eigenvalue weighted by Crippen LogP contribution is -2.43. The summed E-state index contributed by atoms with van der Waals surface area (Å²) in [5.74, 6) is 0.260. The maximum absolute atomic E-state index is 13.3. The number of amides is 1. The monoisotopic (exact) mass is 499 g/mol. The van der Waals surface area contributed by atoms with Gasteiger partial charge in [-0.25, -0.2) is 4.98 Å². The Morgan fingerprint density at radius 1 is 0.947 bits per heavy atom. The van der Waals surface area contributed by atoms with Crippen LogP contribution in [0.1, 0.15) is 28.8 Å². The van der Waals surface area contributed by atoms with Gasteiger partial charge in [-0.2, -0.15) is 0 Å². The van der Waals surface area contributed by atoms with Gasteiger partial charge < -0.3 is 10.3 Å². The number of aromatic nitrogens is 3. The molecule has 0 saturated heterocycles.